The summed E-state index contributed by atoms with van der Waals surface area (Å²) in [6.45, 7) is 7.94. The minimum absolute atomic E-state index is 0.275. The quantitative estimate of drug-likeness (QED) is 0.679. The molecule has 1 aliphatic heterocycles. The highest BCUT2D eigenvalue weighted by Gasteiger charge is 2.35. The number of benzene rings is 1. The number of urea groups is 1. The van der Waals surface area contributed by atoms with Crippen molar-refractivity contribution in [1.82, 2.24) is 10.6 Å². The van der Waals surface area contributed by atoms with Gasteiger partial charge in [-0.05, 0) is 32.8 Å². The fourth-order valence-corrected chi connectivity index (χ4v) is 2.93. The molecule has 2 amide bonds. The SMILES string of the molecule is CCCOc1c(OC)cccc1C1NC(=O)NC(CC)=C1C(=O)OC(C)C. The number of para-hydroxylation sites is 1. The number of esters is 1. The first-order chi connectivity index (χ1) is 12.9. The summed E-state index contributed by atoms with van der Waals surface area (Å²) in [6, 6.07) is 4.34. The Hall–Kier alpha value is -2.70. The molecular formula is C20H28N2O5. The topological polar surface area (TPSA) is 85.9 Å². The third kappa shape index (κ3) is 4.72. The standard InChI is InChI=1S/C20H28N2O5/c1-6-11-26-18-13(9-8-10-15(18)25-5)17-16(19(23)27-12(3)4)14(7-2)21-20(24)22-17/h8-10,12,17H,6-7,11H2,1-5H3,(H2,21,22,24). The third-order valence-electron chi connectivity index (χ3n) is 4.06. The summed E-state index contributed by atoms with van der Waals surface area (Å²) in [7, 11) is 1.56. The molecule has 1 aliphatic rings. The summed E-state index contributed by atoms with van der Waals surface area (Å²) in [5, 5.41) is 5.54. The second kappa shape index (κ2) is 9.30. The third-order valence-corrected chi connectivity index (χ3v) is 4.06. The van der Waals surface area contributed by atoms with Crippen LogP contribution in [0.5, 0.6) is 11.5 Å². The lowest BCUT2D eigenvalue weighted by atomic mass is 9.93. The summed E-state index contributed by atoms with van der Waals surface area (Å²) >= 11 is 0. The highest BCUT2D eigenvalue weighted by Crippen LogP contribution is 2.39. The van der Waals surface area contributed by atoms with Gasteiger partial charge in [-0.25, -0.2) is 9.59 Å². The van der Waals surface area contributed by atoms with Crippen molar-refractivity contribution in [3.8, 4) is 11.5 Å². The molecule has 0 fully saturated rings. The monoisotopic (exact) mass is 376 g/mol. The molecule has 7 nitrogen and oxygen atoms in total. The first kappa shape index (κ1) is 20.6. The van der Waals surface area contributed by atoms with E-state index in [2.05, 4.69) is 10.6 Å². The van der Waals surface area contributed by atoms with Crippen molar-refractivity contribution in [2.75, 3.05) is 13.7 Å². The number of hydrogen-bond donors (Lipinski definition) is 2. The minimum atomic E-state index is -0.693. The molecule has 2 rings (SSSR count). The molecule has 1 unspecified atom stereocenters. The van der Waals surface area contributed by atoms with Crippen LogP contribution in [0.25, 0.3) is 0 Å². The van der Waals surface area contributed by atoms with E-state index < -0.39 is 12.0 Å². The second-order valence-electron chi connectivity index (χ2n) is 6.46. The Morgan fingerprint density at radius 1 is 1.26 bits per heavy atom. The van der Waals surface area contributed by atoms with Crippen LogP contribution in [-0.4, -0.2) is 31.8 Å². The van der Waals surface area contributed by atoms with Gasteiger partial charge in [0.2, 0.25) is 0 Å². The Kier molecular flexibility index (Phi) is 7.10. The van der Waals surface area contributed by atoms with Crippen molar-refractivity contribution in [3.63, 3.8) is 0 Å². The smallest absolute Gasteiger partial charge is 0.338 e. The molecule has 0 radical (unpaired) electrons. The minimum Gasteiger partial charge on any atom is -0.493 e. The molecule has 7 heteroatoms. The van der Waals surface area contributed by atoms with Crippen molar-refractivity contribution in [1.29, 1.82) is 0 Å². The highest BCUT2D eigenvalue weighted by molar-refractivity contribution is 5.95. The van der Waals surface area contributed by atoms with Crippen LogP contribution in [0, 0.1) is 0 Å². The number of carbonyl (C=O) groups excluding carboxylic acids is 2. The van der Waals surface area contributed by atoms with E-state index in [-0.39, 0.29) is 12.1 Å². The zero-order valence-corrected chi connectivity index (χ0v) is 16.5. The van der Waals surface area contributed by atoms with Crippen LogP contribution in [-0.2, 0) is 9.53 Å². The van der Waals surface area contributed by atoms with Gasteiger partial charge >= 0.3 is 12.0 Å². The number of ether oxygens (including phenoxy) is 3. The molecule has 0 bridgehead atoms. The van der Waals surface area contributed by atoms with Gasteiger partial charge in [-0.15, -0.1) is 0 Å². The summed E-state index contributed by atoms with van der Waals surface area (Å²) in [5.41, 5.74) is 1.57. The van der Waals surface area contributed by atoms with Gasteiger partial charge in [0.1, 0.15) is 0 Å². The van der Waals surface area contributed by atoms with Gasteiger partial charge in [-0.1, -0.05) is 26.0 Å². The van der Waals surface area contributed by atoms with E-state index >= 15 is 0 Å². The number of hydrogen-bond acceptors (Lipinski definition) is 5. The Balaban J connectivity index is 2.59. The fourth-order valence-electron chi connectivity index (χ4n) is 2.93. The van der Waals surface area contributed by atoms with Crippen LogP contribution in [0.1, 0.15) is 52.1 Å². The Labute approximate surface area is 160 Å². The number of allylic oxidation sites excluding steroid dienone is 1. The molecule has 1 heterocycles. The first-order valence-electron chi connectivity index (χ1n) is 9.24. The maximum Gasteiger partial charge on any atom is 0.338 e. The molecule has 0 saturated carbocycles. The molecule has 1 atom stereocenters. The van der Waals surface area contributed by atoms with E-state index in [9.17, 15) is 9.59 Å². The normalized spacial score (nSPS) is 16.7. The Morgan fingerprint density at radius 2 is 2.00 bits per heavy atom. The van der Waals surface area contributed by atoms with Crippen LogP contribution >= 0.6 is 0 Å². The molecule has 0 aromatic heterocycles. The molecule has 1 aromatic carbocycles. The summed E-state index contributed by atoms with van der Waals surface area (Å²) in [6.07, 6.45) is 1.03. The van der Waals surface area contributed by atoms with E-state index in [0.717, 1.165) is 6.42 Å². The van der Waals surface area contributed by atoms with E-state index in [4.69, 9.17) is 14.2 Å². The van der Waals surface area contributed by atoms with Crippen LogP contribution in [0.2, 0.25) is 0 Å². The fraction of sp³-hybridized carbons (Fsp3) is 0.500. The molecule has 148 valence electrons. The first-order valence-corrected chi connectivity index (χ1v) is 9.24. The lowest BCUT2D eigenvalue weighted by Gasteiger charge is -2.30. The highest BCUT2D eigenvalue weighted by atomic mass is 16.5. The largest absolute Gasteiger partial charge is 0.493 e. The maximum atomic E-state index is 12.8. The van der Waals surface area contributed by atoms with Crippen molar-refractivity contribution in [2.45, 2.75) is 52.7 Å². The molecule has 27 heavy (non-hydrogen) atoms. The van der Waals surface area contributed by atoms with Crippen LogP contribution in [0.3, 0.4) is 0 Å². The van der Waals surface area contributed by atoms with E-state index in [1.807, 2.05) is 19.9 Å². The predicted octanol–water partition coefficient (Wildman–Crippen LogP) is 3.45. The van der Waals surface area contributed by atoms with Crippen LogP contribution < -0.4 is 20.1 Å². The average molecular weight is 376 g/mol. The summed E-state index contributed by atoms with van der Waals surface area (Å²) in [5.74, 6) is 0.589. The van der Waals surface area contributed by atoms with E-state index in [1.54, 1.807) is 33.1 Å². The molecule has 2 N–H and O–H groups in total. The summed E-state index contributed by atoms with van der Waals surface area (Å²) in [4.78, 5) is 25.0. The van der Waals surface area contributed by atoms with Gasteiger partial charge in [-0.3, -0.25) is 0 Å². The number of carbonyl (C=O) groups is 2. The molecule has 1 aromatic rings. The maximum absolute atomic E-state index is 12.8. The van der Waals surface area contributed by atoms with Crippen molar-refractivity contribution in [2.24, 2.45) is 0 Å². The van der Waals surface area contributed by atoms with Gasteiger partial charge in [0.05, 0.1) is 31.4 Å². The molecular weight excluding hydrogens is 348 g/mol. The average Bonchev–Trinajstić information content (AvgIpc) is 2.64. The zero-order chi connectivity index (χ0) is 20.0. The van der Waals surface area contributed by atoms with E-state index in [0.29, 0.717) is 41.4 Å². The number of methoxy groups -OCH3 is 1. The van der Waals surface area contributed by atoms with Crippen molar-refractivity contribution >= 4 is 12.0 Å². The molecule has 0 aliphatic carbocycles. The molecule has 0 spiro atoms. The second-order valence-corrected chi connectivity index (χ2v) is 6.46. The van der Waals surface area contributed by atoms with Gasteiger partial charge < -0.3 is 24.8 Å². The number of amides is 2. The van der Waals surface area contributed by atoms with Crippen molar-refractivity contribution < 1.29 is 23.8 Å². The lowest BCUT2D eigenvalue weighted by molar-refractivity contribution is -0.143. The van der Waals surface area contributed by atoms with Gasteiger partial charge in [0.25, 0.3) is 0 Å². The molecule has 0 saturated heterocycles. The number of rotatable bonds is 8. The van der Waals surface area contributed by atoms with Crippen LogP contribution in [0.15, 0.2) is 29.5 Å². The zero-order valence-electron chi connectivity index (χ0n) is 16.5. The van der Waals surface area contributed by atoms with Gasteiger partial charge in [-0.2, -0.15) is 0 Å². The van der Waals surface area contributed by atoms with E-state index in [1.165, 1.54) is 0 Å². The summed E-state index contributed by atoms with van der Waals surface area (Å²) < 4.78 is 16.8. The Morgan fingerprint density at radius 3 is 2.59 bits per heavy atom. The lowest BCUT2D eigenvalue weighted by Crippen LogP contribution is -2.46. The van der Waals surface area contributed by atoms with Crippen LogP contribution in [0.4, 0.5) is 4.79 Å². The Bertz CT molecular complexity index is 727. The predicted molar refractivity (Wildman–Crippen MR) is 102 cm³/mol. The van der Waals surface area contributed by atoms with Gasteiger partial charge in [0, 0.05) is 11.3 Å². The van der Waals surface area contributed by atoms with Gasteiger partial charge in [0.15, 0.2) is 11.5 Å². The number of nitrogens with one attached hydrogen (secondary N) is 2. The van der Waals surface area contributed by atoms with Crippen molar-refractivity contribution in [3.05, 3.63) is 35.0 Å².